The summed E-state index contributed by atoms with van der Waals surface area (Å²) < 4.78 is 0. The van der Waals surface area contributed by atoms with E-state index in [4.69, 9.17) is 0 Å². The van der Waals surface area contributed by atoms with Crippen molar-refractivity contribution in [3.63, 3.8) is 0 Å². The van der Waals surface area contributed by atoms with E-state index in [1.165, 1.54) is 30.4 Å². The predicted octanol–water partition coefficient (Wildman–Crippen LogP) is 2.99. The minimum atomic E-state index is -0.705. The van der Waals surface area contributed by atoms with Crippen molar-refractivity contribution in [1.82, 2.24) is 5.32 Å². The molecule has 1 aromatic rings. The van der Waals surface area contributed by atoms with Gasteiger partial charge in [-0.3, -0.25) is 4.79 Å². The molecule has 0 radical (unpaired) electrons. The molecule has 1 aromatic carbocycles. The van der Waals surface area contributed by atoms with Gasteiger partial charge in [0.15, 0.2) is 0 Å². The second-order valence-corrected chi connectivity index (χ2v) is 6.66. The normalized spacial score (nSPS) is 20.6. The summed E-state index contributed by atoms with van der Waals surface area (Å²) in [5, 5.41) is 13.5. The Morgan fingerprint density at radius 3 is 2.52 bits per heavy atom. The maximum atomic E-state index is 12.3. The van der Waals surface area contributed by atoms with Crippen LogP contribution in [0.15, 0.2) is 18.2 Å². The lowest BCUT2D eigenvalue weighted by atomic mass is 9.94. The molecular weight excluding hydrogens is 262 g/mol. The first-order valence-corrected chi connectivity index (χ1v) is 8.29. The summed E-state index contributed by atoms with van der Waals surface area (Å²) >= 11 is 0. The van der Waals surface area contributed by atoms with Crippen molar-refractivity contribution in [1.29, 1.82) is 0 Å². The minimum absolute atomic E-state index is 0.0534. The molecule has 1 saturated carbocycles. The highest BCUT2D eigenvalue weighted by molar-refractivity contribution is 5.94. The van der Waals surface area contributed by atoms with Crippen LogP contribution in [0.2, 0.25) is 0 Å². The van der Waals surface area contributed by atoms with Crippen LogP contribution in [-0.2, 0) is 12.8 Å². The van der Waals surface area contributed by atoms with E-state index < -0.39 is 5.60 Å². The molecule has 114 valence electrons. The molecule has 21 heavy (non-hydrogen) atoms. The van der Waals surface area contributed by atoms with E-state index in [2.05, 4.69) is 11.4 Å². The zero-order valence-corrected chi connectivity index (χ0v) is 12.7. The van der Waals surface area contributed by atoms with Crippen molar-refractivity contribution < 1.29 is 9.90 Å². The van der Waals surface area contributed by atoms with Gasteiger partial charge >= 0.3 is 0 Å². The van der Waals surface area contributed by atoms with Crippen LogP contribution in [0.4, 0.5) is 0 Å². The van der Waals surface area contributed by atoms with Crippen molar-refractivity contribution in [3.8, 4) is 0 Å². The first-order chi connectivity index (χ1) is 10.2. The van der Waals surface area contributed by atoms with E-state index in [1.54, 1.807) is 0 Å². The van der Waals surface area contributed by atoms with Gasteiger partial charge in [0.1, 0.15) is 0 Å². The van der Waals surface area contributed by atoms with Crippen molar-refractivity contribution in [2.24, 2.45) is 0 Å². The molecule has 2 aliphatic rings. The van der Waals surface area contributed by atoms with Gasteiger partial charge in [0.25, 0.3) is 5.91 Å². The number of aliphatic hydroxyl groups is 1. The number of hydrogen-bond acceptors (Lipinski definition) is 2. The Balaban J connectivity index is 1.61. The van der Waals surface area contributed by atoms with Crippen molar-refractivity contribution >= 4 is 5.91 Å². The smallest absolute Gasteiger partial charge is 0.251 e. The van der Waals surface area contributed by atoms with E-state index in [0.717, 1.165) is 44.1 Å². The van der Waals surface area contributed by atoms with Gasteiger partial charge in [-0.05, 0) is 55.4 Å². The first kappa shape index (κ1) is 14.6. The molecule has 0 bridgehead atoms. The molecule has 1 fully saturated rings. The highest BCUT2D eigenvalue weighted by Gasteiger charge is 2.28. The Bertz CT molecular complexity index is 516. The van der Waals surface area contributed by atoms with Crippen molar-refractivity contribution in [3.05, 3.63) is 34.9 Å². The molecule has 1 amide bonds. The maximum Gasteiger partial charge on any atom is 0.251 e. The number of carbonyl (C=O) groups is 1. The fraction of sp³-hybridized carbons (Fsp3) is 0.611. The number of amides is 1. The lowest BCUT2D eigenvalue weighted by Gasteiger charge is -2.26. The van der Waals surface area contributed by atoms with Gasteiger partial charge in [-0.15, -0.1) is 0 Å². The minimum Gasteiger partial charge on any atom is -0.388 e. The molecule has 3 heteroatoms. The van der Waals surface area contributed by atoms with Gasteiger partial charge in [0.2, 0.25) is 0 Å². The molecule has 0 atom stereocenters. The number of rotatable bonds is 3. The Morgan fingerprint density at radius 2 is 1.76 bits per heavy atom. The number of hydrogen-bond donors (Lipinski definition) is 2. The fourth-order valence-corrected chi connectivity index (χ4v) is 3.62. The van der Waals surface area contributed by atoms with Crippen LogP contribution in [0.5, 0.6) is 0 Å². The SMILES string of the molecule is O=C(NCC1(O)CCCCCC1)c1ccc2c(c1)CCC2. The monoisotopic (exact) mass is 287 g/mol. The zero-order valence-electron chi connectivity index (χ0n) is 12.7. The van der Waals surface area contributed by atoms with Crippen LogP contribution >= 0.6 is 0 Å². The summed E-state index contributed by atoms with van der Waals surface area (Å²) in [4.78, 5) is 12.3. The zero-order chi connectivity index (χ0) is 14.7. The summed E-state index contributed by atoms with van der Waals surface area (Å²) in [6, 6.07) is 6.02. The van der Waals surface area contributed by atoms with E-state index in [9.17, 15) is 9.90 Å². The van der Waals surface area contributed by atoms with Crippen LogP contribution in [0.1, 0.15) is 66.4 Å². The molecule has 0 aliphatic heterocycles. The molecule has 2 aliphatic carbocycles. The highest BCUT2D eigenvalue weighted by atomic mass is 16.3. The summed E-state index contributed by atoms with van der Waals surface area (Å²) in [5.74, 6) is -0.0534. The number of aryl methyl sites for hydroxylation is 2. The average Bonchev–Trinajstić information content (AvgIpc) is 2.85. The first-order valence-electron chi connectivity index (χ1n) is 8.29. The van der Waals surface area contributed by atoms with E-state index in [1.807, 2.05) is 12.1 Å². The largest absolute Gasteiger partial charge is 0.388 e. The number of carbonyl (C=O) groups excluding carboxylic acids is 1. The molecule has 0 spiro atoms. The fourth-order valence-electron chi connectivity index (χ4n) is 3.62. The second-order valence-electron chi connectivity index (χ2n) is 6.66. The predicted molar refractivity (Wildman–Crippen MR) is 83.5 cm³/mol. The second kappa shape index (κ2) is 6.18. The third kappa shape index (κ3) is 3.46. The lowest BCUT2D eigenvalue weighted by molar-refractivity contribution is 0.0246. The Morgan fingerprint density at radius 1 is 1.05 bits per heavy atom. The van der Waals surface area contributed by atoms with Gasteiger partial charge in [-0.2, -0.15) is 0 Å². The molecule has 3 rings (SSSR count). The average molecular weight is 287 g/mol. The van der Waals surface area contributed by atoms with Gasteiger partial charge < -0.3 is 10.4 Å². The van der Waals surface area contributed by atoms with Gasteiger partial charge in [0.05, 0.1) is 5.60 Å². The Kier molecular flexibility index (Phi) is 4.29. The molecule has 3 nitrogen and oxygen atoms in total. The molecule has 0 aromatic heterocycles. The molecular formula is C18H25NO2. The third-order valence-electron chi connectivity index (χ3n) is 4.97. The molecule has 0 heterocycles. The van der Waals surface area contributed by atoms with Gasteiger partial charge in [0, 0.05) is 12.1 Å². The number of benzene rings is 1. The standard InChI is InChI=1S/C18H25NO2/c20-17(16-9-8-14-6-5-7-15(14)12-16)19-13-18(21)10-3-1-2-4-11-18/h8-9,12,21H,1-7,10-11,13H2,(H,19,20). The Hall–Kier alpha value is -1.35. The van der Waals surface area contributed by atoms with Gasteiger partial charge in [-0.1, -0.05) is 31.7 Å². The molecule has 2 N–H and O–H groups in total. The summed E-state index contributed by atoms with van der Waals surface area (Å²) in [5.41, 5.74) is 2.72. The highest BCUT2D eigenvalue weighted by Crippen LogP contribution is 2.27. The van der Waals surface area contributed by atoms with Gasteiger partial charge in [-0.25, -0.2) is 0 Å². The molecule has 0 unspecified atom stereocenters. The van der Waals surface area contributed by atoms with Crippen molar-refractivity contribution in [2.45, 2.75) is 63.4 Å². The van der Waals surface area contributed by atoms with E-state index >= 15 is 0 Å². The summed E-state index contributed by atoms with van der Waals surface area (Å²) in [6.07, 6.45) is 9.53. The summed E-state index contributed by atoms with van der Waals surface area (Å²) in [6.45, 7) is 0.378. The van der Waals surface area contributed by atoms with E-state index in [-0.39, 0.29) is 5.91 Å². The van der Waals surface area contributed by atoms with E-state index in [0.29, 0.717) is 6.54 Å². The van der Waals surface area contributed by atoms with Crippen LogP contribution in [0.25, 0.3) is 0 Å². The summed E-state index contributed by atoms with van der Waals surface area (Å²) in [7, 11) is 0. The molecule has 0 saturated heterocycles. The quantitative estimate of drug-likeness (QED) is 0.840. The Labute approximate surface area is 126 Å². The lowest BCUT2D eigenvalue weighted by Crippen LogP contribution is -2.42. The number of nitrogens with one attached hydrogen (secondary N) is 1. The van der Waals surface area contributed by atoms with Crippen LogP contribution < -0.4 is 5.32 Å². The maximum absolute atomic E-state index is 12.3. The van der Waals surface area contributed by atoms with Crippen molar-refractivity contribution in [2.75, 3.05) is 6.54 Å². The third-order valence-corrected chi connectivity index (χ3v) is 4.97. The van der Waals surface area contributed by atoms with Crippen LogP contribution in [0, 0.1) is 0 Å². The topological polar surface area (TPSA) is 49.3 Å². The van der Waals surface area contributed by atoms with Crippen LogP contribution in [-0.4, -0.2) is 23.2 Å². The number of fused-ring (bicyclic) bond motifs is 1. The van der Waals surface area contributed by atoms with Crippen LogP contribution in [0.3, 0.4) is 0 Å².